The van der Waals surface area contributed by atoms with Gasteiger partial charge >= 0.3 is 0 Å². The van der Waals surface area contributed by atoms with Gasteiger partial charge in [0.1, 0.15) is 0 Å². The van der Waals surface area contributed by atoms with E-state index in [1.54, 1.807) is 43.3 Å². The fourth-order valence-corrected chi connectivity index (χ4v) is 4.68. The number of aromatic nitrogens is 2. The summed E-state index contributed by atoms with van der Waals surface area (Å²) in [4.78, 5) is 4.61. The summed E-state index contributed by atoms with van der Waals surface area (Å²) in [5.74, 6) is 0.725. The number of nitrogens with zero attached hydrogens (tertiary/aromatic N) is 3. The van der Waals surface area contributed by atoms with E-state index in [9.17, 15) is 8.42 Å². The van der Waals surface area contributed by atoms with Gasteiger partial charge in [-0.05, 0) is 44.2 Å². The molecular weight excluding hydrogens is 398 g/mol. The van der Waals surface area contributed by atoms with E-state index in [1.807, 2.05) is 49.4 Å². The normalized spacial score (nSPS) is 11.4. The van der Waals surface area contributed by atoms with Crippen molar-refractivity contribution in [2.75, 3.05) is 10.8 Å². The molecule has 0 bridgehead atoms. The molecule has 0 aliphatic carbocycles. The maximum atomic E-state index is 13.3. The van der Waals surface area contributed by atoms with Crippen LogP contribution in [-0.4, -0.2) is 25.1 Å². The van der Waals surface area contributed by atoms with Crippen LogP contribution in [0.5, 0.6) is 0 Å². The van der Waals surface area contributed by atoms with E-state index in [2.05, 4.69) is 10.1 Å². The Morgan fingerprint density at radius 1 is 0.900 bits per heavy atom. The van der Waals surface area contributed by atoms with Gasteiger partial charge in [-0.1, -0.05) is 59.3 Å². The standard InChI is InChI=1S/C23H21N3O3S/c1-3-26(20-9-5-4-6-10-20)30(27,28)21-11-7-8-19(16-21)23-24-22(25-29-23)18-14-12-17(2)13-15-18/h4-16H,3H2,1-2H3. The van der Waals surface area contributed by atoms with Crippen molar-refractivity contribution in [1.29, 1.82) is 0 Å². The van der Waals surface area contributed by atoms with Crippen molar-refractivity contribution in [3.8, 4) is 22.8 Å². The van der Waals surface area contributed by atoms with Crippen LogP contribution in [0.25, 0.3) is 22.8 Å². The van der Waals surface area contributed by atoms with Gasteiger partial charge in [0.2, 0.25) is 5.82 Å². The minimum Gasteiger partial charge on any atom is -0.334 e. The molecule has 152 valence electrons. The molecule has 0 radical (unpaired) electrons. The first-order chi connectivity index (χ1) is 14.5. The van der Waals surface area contributed by atoms with Crippen LogP contribution in [0.3, 0.4) is 0 Å². The maximum Gasteiger partial charge on any atom is 0.264 e. The zero-order valence-corrected chi connectivity index (χ0v) is 17.5. The molecule has 4 aromatic rings. The molecule has 7 heteroatoms. The number of hydrogen-bond donors (Lipinski definition) is 0. The molecule has 0 amide bonds. The number of anilines is 1. The highest BCUT2D eigenvalue weighted by Gasteiger charge is 2.24. The third-order valence-corrected chi connectivity index (χ3v) is 6.64. The molecule has 0 aliphatic rings. The molecule has 4 rings (SSSR count). The maximum absolute atomic E-state index is 13.3. The monoisotopic (exact) mass is 419 g/mol. The second kappa shape index (κ2) is 8.12. The number of benzene rings is 3. The van der Waals surface area contributed by atoms with E-state index in [0.717, 1.165) is 11.1 Å². The molecule has 3 aromatic carbocycles. The Morgan fingerprint density at radius 3 is 2.33 bits per heavy atom. The summed E-state index contributed by atoms with van der Waals surface area (Å²) >= 11 is 0. The first-order valence-corrected chi connectivity index (χ1v) is 11.0. The molecular formula is C23H21N3O3S. The molecule has 1 heterocycles. The number of rotatable bonds is 6. The molecule has 0 unspecified atom stereocenters. The summed E-state index contributed by atoms with van der Waals surface area (Å²) in [5, 5.41) is 4.04. The Bertz CT molecular complexity index is 1250. The molecule has 6 nitrogen and oxygen atoms in total. The molecule has 0 N–H and O–H groups in total. The molecule has 0 fully saturated rings. The number of para-hydroxylation sites is 1. The van der Waals surface area contributed by atoms with Crippen LogP contribution in [0.2, 0.25) is 0 Å². The van der Waals surface area contributed by atoms with E-state index in [4.69, 9.17) is 4.52 Å². The summed E-state index contributed by atoms with van der Waals surface area (Å²) < 4.78 is 33.3. The van der Waals surface area contributed by atoms with E-state index < -0.39 is 10.0 Å². The lowest BCUT2D eigenvalue weighted by Crippen LogP contribution is -2.30. The summed E-state index contributed by atoms with van der Waals surface area (Å²) in [5.41, 5.74) is 3.13. The van der Waals surface area contributed by atoms with Crippen LogP contribution in [-0.2, 0) is 10.0 Å². The van der Waals surface area contributed by atoms with Crippen molar-refractivity contribution in [2.45, 2.75) is 18.7 Å². The summed E-state index contributed by atoms with van der Waals surface area (Å²) in [6.45, 7) is 4.13. The predicted octanol–water partition coefficient (Wildman–Crippen LogP) is 4.93. The summed E-state index contributed by atoms with van der Waals surface area (Å²) in [7, 11) is -3.74. The average molecular weight is 420 g/mol. The Morgan fingerprint density at radius 2 is 1.63 bits per heavy atom. The van der Waals surface area contributed by atoms with Crippen molar-refractivity contribution in [1.82, 2.24) is 10.1 Å². The lowest BCUT2D eigenvalue weighted by Gasteiger charge is -2.23. The van der Waals surface area contributed by atoms with Crippen molar-refractivity contribution < 1.29 is 12.9 Å². The second-order valence-corrected chi connectivity index (χ2v) is 8.68. The highest BCUT2D eigenvalue weighted by Crippen LogP contribution is 2.28. The minimum atomic E-state index is -3.74. The molecule has 30 heavy (non-hydrogen) atoms. The van der Waals surface area contributed by atoms with Crippen LogP contribution in [0.1, 0.15) is 12.5 Å². The lowest BCUT2D eigenvalue weighted by atomic mass is 10.1. The summed E-state index contributed by atoms with van der Waals surface area (Å²) in [6.07, 6.45) is 0. The average Bonchev–Trinajstić information content (AvgIpc) is 3.26. The van der Waals surface area contributed by atoms with Gasteiger partial charge in [-0.2, -0.15) is 4.98 Å². The van der Waals surface area contributed by atoms with Crippen molar-refractivity contribution >= 4 is 15.7 Å². The number of hydrogen-bond acceptors (Lipinski definition) is 5. The third-order valence-electron chi connectivity index (χ3n) is 4.74. The predicted molar refractivity (Wildman–Crippen MR) is 117 cm³/mol. The zero-order chi connectivity index (χ0) is 21.1. The van der Waals surface area contributed by atoms with Gasteiger partial charge in [-0.25, -0.2) is 8.42 Å². The molecule has 0 saturated heterocycles. The lowest BCUT2D eigenvalue weighted by molar-refractivity contribution is 0.432. The highest BCUT2D eigenvalue weighted by atomic mass is 32.2. The van der Waals surface area contributed by atoms with Gasteiger partial charge < -0.3 is 4.52 Å². The number of aryl methyl sites for hydroxylation is 1. The van der Waals surface area contributed by atoms with Gasteiger partial charge in [0, 0.05) is 17.7 Å². The van der Waals surface area contributed by atoms with Gasteiger partial charge in [0.15, 0.2) is 0 Å². The van der Waals surface area contributed by atoms with Gasteiger partial charge in [0.05, 0.1) is 10.6 Å². The third kappa shape index (κ3) is 3.84. The smallest absolute Gasteiger partial charge is 0.264 e. The first-order valence-electron chi connectivity index (χ1n) is 9.58. The first kappa shape index (κ1) is 19.8. The summed E-state index contributed by atoms with van der Waals surface area (Å²) in [6, 6.07) is 23.4. The zero-order valence-electron chi connectivity index (χ0n) is 16.7. The van der Waals surface area contributed by atoms with Crippen LogP contribution in [0, 0.1) is 6.92 Å². The molecule has 0 aliphatic heterocycles. The van der Waals surface area contributed by atoms with Gasteiger partial charge in [-0.3, -0.25) is 4.31 Å². The Kier molecular flexibility index (Phi) is 5.37. The Balaban J connectivity index is 1.68. The van der Waals surface area contributed by atoms with E-state index in [0.29, 0.717) is 23.6 Å². The topological polar surface area (TPSA) is 76.3 Å². The highest BCUT2D eigenvalue weighted by molar-refractivity contribution is 7.92. The molecule has 1 aromatic heterocycles. The van der Waals surface area contributed by atoms with Crippen LogP contribution >= 0.6 is 0 Å². The fraction of sp³-hybridized carbons (Fsp3) is 0.130. The molecule has 0 spiro atoms. The Labute approximate surface area is 175 Å². The van der Waals surface area contributed by atoms with E-state index >= 15 is 0 Å². The van der Waals surface area contributed by atoms with Crippen molar-refractivity contribution in [3.05, 3.63) is 84.4 Å². The Hall–Kier alpha value is -3.45. The SMILES string of the molecule is CCN(c1ccccc1)S(=O)(=O)c1cccc(-c2nc(-c3ccc(C)cc3)no2)c1. The molecule has 0 saturated carbocycles. The van der Waals surface area contributed by atoms with E-state index in [1.165, 1.54) is 4.31 Å². The van der Waals surface area contributed by atoms with Gasteiger partial charge in [0.25, 0.3) is 15.9 Å². The van der Waals surface area contributed by atoms with E-state index in [-0.39, 0.29) is 10.8 Å². The second-order valence-electron chi connectivity index (χ2n) is 6.82. The van der Waals surface area contributed by atoms with Crippen molar-refractivity contribution in [2.24, 2.45) is 0 Å². The van der Waals surface area contributed by atoms with Crippen molar-refractivity contribution in [3.63, 3.8) is 0 Å². The minimum absolute atomic E-state index is 0.167. The molecule has 0 atom stereocenters. The quantitative estimate of drug-likeness (QED) is 0.443. The number of sulfonamides is 1. The van der Waals surface area contributed by atoms with Gasteiger partial charge in [-0.15, -0.1) is 0 Å². The van der Waals surface area contributed by atoms with Crippen LogP contribution in [0.4, 0.5) is 5.69 Å². The van der Waals surface area contributed by atoms with Crippen LogP contribution in [0.15, 0.2) is 88.3 Å². The fourth-order valence-electron chi connectivity index (χ4n) is 3.16. The van der Waals surface area contributed by atoms with Crippen LogP contribution < -0.4 is 4.31 Å². The largest absolute Gasteiger partial charge is 0.334 e.